The van der Waals surface area contributed by atoms with Crippen LogP contribution in [0.1, 0.15) is 6.42 Å². The van der Waals surface area contributed by atoms with Gasteiger partial charge in [0.1, 0.15) is 0 Å². The first-order valence-corrected chi connectivity index (χ1v) is 4.62. The summed E-state index contributed by atoms with van der Waals surface area (Å²) in [4.78, 5) is 4.35. The number of thioether (sulfide) groups is 1. The highest BCUT2D eigenvalue weighted by molar-refractivity contribution is 8.13. The highest BCUT2D eigenvalue weighted by atomic mass is 32.2. The summed E-state index contributed by atoms with van der Waals surface area (Å²) in [6.45, 7) is 0.947. The third kappa shape index (κ3) is 1.45. The highest BCUT2D eigenvalue weighted by Crippen LogP contribution is 2.12. The summed E-state index contributed by atoms with van der Waals surface area (Å²) >= 11 is 1.77. The second-order valence-corrected chi connectivity index (χ2v) is 3.38. The molecule has 0 fully saturated rings. The van der Waals surface area contributed by atoms with Gasteiger partial charge < -0.3 is 0 Å². The molecule has 1 aromatic rings. The zero-order valence-corrected chi connectivity index (χ0v) is 6.92. The van der Waals surface area contributed by atoms with E-state index < -0.39 is 0 Å². The van der Waals surface area contributed by atoms with Crippen LogP contribution in [0.15, 0.2) is 23.5 Å². The number of aliphatic imine (C=N–C) groups is 1. The van der Waals surface area contributed by atoms with Gasteiger partial charge in [0.15, 0.2) is 5.17 Å². The molecule has 1 aliphatic rings. The van der Waals surface area contributed by atoms with Crippen LogP contribution in [0.5, 0.6) is 0 Å². The van der Waals surface area contributed by atoms with E-state index in [1.165, 1.54) is 12.2 Å². The molecule has 0 saturated carbocycles. The van der Waals surface area contributed by atoms with Crippen LogP contribution in [0.25, 0.3) is 0 Å². The van der Waals surface area contributed by atoms with Gasteiger partial charge in [0, 0.05) is 24.7 Å². The molecule has 0 N–H and O–H groups in total. The summed E-state index contributed by atoms with van der Waals surface area (Å²) in [5.41, 5.74) is 0. The van der Waals surface area contributed by atoms with Gasteiger partial charge in [-0.05, 0) is 12.5 Å². The van der Waals surface area contributed by atoms with Gasteiger partial charge in [-0.15, -0.1) is 0 Å². The van der Waals surface area contributed by atoms with Gasteiger partial charge in [0.2, 0.25) is 0 Å². The third-order valence-corrected chi connectivity index (χ3v) is 2.55. The van der Waals surface area contributed by atoms with Crippen molar-refractivity contribution in [1.29, 1.82) is 0 Å². The Labute approximate surface area is 69.5 Å². The molecule has 4 heteroatoms. The molecule has 0 saturated heterocycles. The normalized spacial score (nSPS) is 18.0. The summed E-state index contributed by atoms with van der Waals surface area (Å²) in [6.07, 6.45) is 4.89. The quantitative estimate of drug-likeness (QED) is 0.581. The van der Waals surface area contributed by atoms with E-state index in [0.717, 1.165) is 11.7 Å². The summed E-state index contributed by atoms with van der Waals surface area (Å²) in [6, 6.07) is 1.91. The van der Waals surface area contributed by atoms with E-state index in [1.807, 2.05) is 16.9 Å². The minimum absolute atomic E-state index is 0.947. The summed E-state index contributed by atoms with van der Waals surface area (Å²) < 4.78 is 1.82. The molecule has 0 bridgehead atoms. The van der Waals surface area contributed by atoms with Crippen LogP contribution in [0.3, 0.4) is 0 Å². The topological polar surface area (TPSA) is 30.2 Å². The standard InChI is InChI=1S/C7H9N3S/c1-4-9-10(5-1)7-8-3-2-6-11-7/h1,4-5H,2-3,6H2. The van der Waals surface area contributed by atoms with Crippen LogP contribution in [0.4, 0.5) is 0 Å². The first-order valence-electron chi connectivity index (χ1n) is 3.64. The van der Waals surface area contributed by atoms with Gasteiger partial charge in [-0.25, -0.2) is 4.68 Å². The smallest absolute Gasteiger partial charge is 0.184 e. The Balaban J connectivity index is 2.22. The summed E-state index contributed by atoms with van der Waals surface area (Å²) in [5.74, 6) is 1.17. The van der Waals surface area contributed by atoms with Crippen molar-refractivity contribution in [3.05, 3.63) is 18.5 Å². The van der Waals surface area contributed by atoms with E-state index in [1.54, 1.807) is 18.0 Å². The van der Waals surface area contributed by atoms with E-state index in [0.29, 0.717) is 0 Å². The molecular formula is C7H9N3S. The zero-order chi connectivity index (χ0) is 7.52. The van der Waals surface area contributed by atoms with Crippen molar-refractivity contribution in [1.82, 2.24) is 9.78 Å². The first-order chi connectivity index (χ1) is 5.47. The van der Waals surface area contributed by atoms with Gasteiger partial charge in [0.25, 0.3) is 0 Å². The molecule has 0 radical (unpaired) electrons. The number of hydrogen-bond donors (Lipinski definition) is 0. The van der Waals surface area contributed by atoms with E-state index in [4.69, 9.17) is 0 Å². The van der Waals surface area contributed by atoms with E-state index in [9.17, 15) is 0 Å². The molecule has 1 aromatic heterocycles. The van der Waals surface area contributed by atoms with Gasteiger partial charge in [-0.2, -0.15) is 5.10 Å². The van der Waals surface area contributed by atoms with E-state index in [2.05, 4.69) is 10.1 Å². The molecular weight excluding hydrogens is 158 g/mol. The van der Waals surface area contributed by atoms with Crippen molar-refractivity contribution >= 4 is 16.9 Å². The number of rotatable bonds is 0. The SMILES string of the molecule is c1cnn(C2=NCCCS2)c1. The fraction of sp³-hybridized carbons (Fsp3) is 0.429. The van der Waals surface area contributed by atoms with Gasteiger partial charge in [0.05, 0.1) is 0 Å². The van der Waals surface area contributed by atoms with E-state index in [-0.39, 0.29) is 0 Å². The van der Waals surface area contributed by atoms with Crippen molar-refractivity contribution in [3.63, 3.8) is 0 Å². The highest BCUT2D eigenvalue weighted by Gasteiger charge is 2.06. The molecule has 0 spiro atoms. The molecule has 58 valence electrons. The molecule has 0 unspecified atom stereocenters. The Kier molecular flexibility index (Phi) is 1.94. The number of nitrogens with zero attached hydrogens (tertiary/aromatic N) is 3. The van der Waals surface area contributed by atoms with Crippen molar-refractivity contribution in [3.8, 4) is 0 Å². The maximum atomic E-state index is 4.35. The predicted molar refractivity (Wildman–Crippen MR) is 47.0 cm³/mol. The predicted octanol–water partition coefficient (Wildman–Crippen LogP) is 1.22. The van der Waals surface area contributed by atoms with Crippen LogP contribution in [-0.2, 0) is 0 Å². The Hall–Kier alpha value is -0.770. The monoisotopic (exact) mass is 167 g/mol. The van der Waals surface area contributed by atoms with Crippen LogP contribution in [-0.4, -0.2) is 27.2 Å². The lowest BCUT2D eigenvalue weighted by atomic mass is 10.5. The second-order valence-electron chi connectivity index (χ2n) is 2.32. The molecule has 11 heavy (non-hydrogen) atoms. The largest absolute Gasteiger partial charge is 0.261 e. The minimum Gasteiger partial charge on any atom is -0.261 e. The number of aromatic nitrogens is 2. The fourth-order valence-corrected chi connectivity index (χ4v) is 1.85. The second kappa shape index (κ2) is 3.09. The van der Waals surface area contributed by atoms with Crippen LogP contribution in [0, 0.1) is 0 Å². The van der Waals surface area contributed by atoms with Gasteiger partial charge in [-0.3, -0.25) is 4.99 Å². The summed E-state index contributed by atoms with van der Waals surface area (Å²) in [5, 5.41) is 5.13. The van der Waals surface area contributed by atoms with Crippen LogP contribution < -0.4 is 0 Å². The van der Waals surface area contributed by atoms with Crippen LogP contribution in [0.2, 0.25) is 0 Å². The average molecular weight is 167 g/mol. The molecule has 0 aromatic carbocycles. The van der Waals surface area contributed by atoms with Crippen molar-refractivity contribution in [2.24, 2.45) is 4.99 Å². The molecule has 3 nitrogen and oxygen atoms in total. The Morgan fingerprint density at radius 3 is 3.18 bits per heavy atom. The summed E-state index contributed by atoms with van der Waals surface area (Å²) in [7, 11) is 0. The minimum atomic E-state index is 0.947. The average Bonchev–Trinajstić information content (AvgIpc) is 2.58. The molecule has 2 heterocycles. The maximum absolute atomic E-state index is 4.35. The Bertz CT molecular complexity index is 253. The lowest BCUT2D eigenvalue weighted by molar-refractivity contribution is 0.887. The lowest BCUT2D eigenvalue weighted by Gasteiger charge is -2.09. The van der Waals surface area contributed by atoms with Gasteiger partial charge >= 0.3 is 0 Å². The molecule has 2 rings (SSSR count). The third-order valence-electron chi connectivity index (χ3n) is 1.48. The van der Waals surface area contributed by atoms with Gasteiger partial charge in [-0.1, -0.05) is 11.8 Å². The van der Waals surface area contributed by atoms with E-state index >= 15 is 0 Å². The Morgan fingerprint density at radius 1 is 1.55 bits per heavy atom. The Morgan fingerprint density at radius 2 is 2.55 bits per heavy atom. The zero-order valence-electron chi connectivity index (χ0n) is 6.10. The molecule has 0 atom stereocenters. The molecule has 0 amide bonds. The van der Waals surface area contributed by atoms with Crippen LogP contribution >= 0.6 is 11.8 Å². The first kappa shape index (κ1) is 6.91. The number of hydrogen-bond acceptors (Lipinski definition) is 3. The maximum Gasteiger partial charge on any atom is 0.184 e. The van der Waals surface area contributed by atoms with Crippen molar-refractivity contribution in [2.75, 3.05) is 12.3 Å². The fourth-order valence-electron chi connectivity index (χ4n) is 0.969. The van der Waals surface area contributed by atoms with Crippen molar-refractivity contribution in [2.45, 2.75) is 6.42 Å². The molecule has 1 aliphatic heterocycles. The lowest BCUT2D eigenvalue weighted by Crippen LogP contribution is -2.13. The molecule has 0 aliphatic carbocycles. The van der Waals surface area contributed by atoms with Crippen molar-refractivity contribution < 1.29 is 0 Å².